The van der Waals surface area contributed by atoms with Crippen LogP contribution in [0.4, 0.5) is 0 Å². The molecule has 0 spiro atoms. The van der Waals surface area contributed by atoms with Crippen molar-refractivity contribution in [2.75, 3.05) is 26.2 Å². The smallest absolute Gasteiger partial charge is 0.00123 e. The standard InChI is InChI=1S/C10H20N2/c11-5-3-9-4-7-12-6-1-2-10(9)8-12/h9-10H,1-8,11H2. The van der Waals surface area contributed by atoms with Crippen LogP contribution in [0.1, 0.15) is 25.7 Å². The van der Waals surface area contributed by atoms with Crippen molar-refractivity contribution in [3.8, 4) is 0 Å². The average Bonchev–Trinajstić information content (AvgIpc) is 2.11. The molecule has 0 amide bonds. The second kappa shape index (κ2) is 3.75. The predicted molar refractivity (Wildman–Crippen MR) is 50.9 cm³/mol. The summed E-state index contributed by atoms with van der Waals surface area (Å²) in [7, 11) is 0. The first kappa shape index (κ1) is 8.52. The molecule has 2 heteroatoms. The fourth-order valence-electron chi connectivity index (χ4n) is 2.86. The third-order valence-electron chi connectivity index (χ3n) is 3.56. The molecule has 2 rings (SSSR count). The molecule has 2 saturated heterocycles. The van der Waals surface area contributed by atoms with Crippen molar-refractivity contribution in [1.29, 1.82) is 0 Å². The molecule has 2 aliphatic rings. The van der Waals surface area contributed by atoms with Crippen molar-refractivity contribution in [3.63, 3.8) is 0 Å². The van der Waals surface area contributed by atoms with Crippen molar-refractivity contribution in [2.24, 2.45) is 17.6 Å². The van der Waals surface area contributed by atoms with E-state index in [-0.39, 0.29) is 0 Å². The molecule has 0 aromatic rings. The van der Waals surface area contributed by atoms with E-state index in [9.17, 15) is 0 Å². The Labute approximate surface area is 75.1 Å². The molecule has 70 valence electrons. The fraction of sp³-hybridized carbons (Fsp3) is 1.00. The normalized spacial score (nSPS) is 41.2. The van der Waals surface area contributed by atoms with Crippen molar-refractivity contribution in [1.82, 2.24) is 4.90 Å². The van der Waals surface area contributed by atoms with E-state index in [0.717, 1.165) is 18.4 Å². The number of nitrogens with two attached hydrogens (primary N) is 1. The highest BCUT2D eigenvalue weighted by Crippen LogP contribution is 2.32. The molecule has 0 radical (unpaired) electrons. The molecule has 0 aliphatic carbocycles. The number of hydrogen-bond acceptors (Lipinski definition) is 2. The fourth-order valence-corrected chi connectivity index (χ4v) is 2.86. The summed E-state index contributed by atoms with van der Waals surface area (Å²) in [6, 6.07) is 0. The summed E-state index contributed by atoms with van der Waals surface area (Å²) in [4.78, 5) is 2.63. The van der Waals surface area contributed by atoms with Gasteiger partial charge in [-0.25, -0.2) is 0 Å². The highest BCUT2D eigenvalue weighted by molar-refractivity contribution is 4.84. The van der Waals surface area contributed by atoms with Crippen molar-refractivity contribution >= 4 is 0 Å². The first-order valence-corrected chi connectivity index (χ1v) is 5.32. The lowest BCUT2D eigenvalue weighted by Crippen LogP contribution is -2.45. The van der Waals surface area contributed by atoms with E-state index in [1.807, 2.05) is 0 Å². The van der Waals surface area contributed by atoms with E-state index < -0.39 is 0 Å². The lowest BCUT2D eigenvalue weighted by molar-refractivity contribution is 0.0710. The number of rotatable bonds is 2. The Bertz CT molecular complexity index is 145. The maximum Gasteiger partial charge on any atom is 0.00123 e. The first-order chi connectivity index (χ1) is 5.90. The van der Waals surface area contributed by atoms with Gasteiger partial charge in [-0.3, -0.25) is 0 Å². The summed E-state index contributed by atoms with van der Waals surface area (Å²) in [5.41, 5.74) is 5.62. The van der Waals surface area contributed by atoms with Gasteiger partial charge in [-0.2, -0.15) is 0 Å². The lowest BCUT2D eigenvalue weighted by Gasteiger charge is -2.42. The Morgan fingerprint density at radius 3 is 3.00 bits per heavy atom. The Morgan fingerprint density at radius 2 is 2.17 bits per heavy atom. The number of fused-ring (bicyclic) bond motifs is 2. The molecule has 2 N–H and O–H groups in total. The molecule has 2 fully saturated rings. The Kier molecular flexibility index (Phi) is 2.66. The largest absolute Gasteiger partial charge is 0.330 e. The van der Waals surface area contributed by atoms with Crippen LogP contribution in [0.2, 0.25) is 0 Å². The average molecular weight is 168 g/mol. The molecule has 0 aromatic heterocycles. The van der Waals surface area contributed by atoms with E-state index >= 15 is 0 Å². The maximum absolute atomic E-state index is 5.62. The summed E-state index contributed by atoms with van der Waals surface area (Å²) < 4.78 is 0. The zero-order valence-corrected chi connectivity index (χ0v) is 7.84. The Balaban J connectivity index is 1.90. The zero-order chi connectivity index (χ0) is 8.39. The van der Waals surface area contributed by atoms with Crippen LogP contribution < -0.4 is 5.73 Å². The van der Waals surface area contributed by atoms with Crippen LogP contribution in [0.25, 0.3) is 0 Å². The van der Waals surface area contributed by atoms with Gasteiger partial charge in [-0.1, -0.05) is 0 Å². The van der Waals surface area contributed by atoms with Crippen LogP contribution in [0.5, 0.6) is 0 Å². The molecule has 3 unspecified atom stereocenters. The summed E-state index contributed by atoms with van der Waals surface area (Å²) in [6.45, 7) is 4.94. The summed E-state index contributed by atoms with van der Waals surface area (Å²) >= 11 is 0. The SMILES string of the molecule is NCCC1CCN2CCCC1C2. The second-order valence-electron chi connectivity index (χ2n) is 4.33. The third kappa shape index (κ3) is 1.64. The Hall–Kier alpha value is -0.0800. The molecule has 2 aliphatic heterocycles. The van der Waals surface area contributed by atoms with Crippen LogP contribution in [-0.2, 0) is 0 Å². The van der Waals surface area contributed by atoms with Gasteiger partial charge in [0.1, 0.15) is 0 Å². The van der Waals surface area contributed by atoms with Gasteiger partial charge in [0, 0.05) is 6.54 Å². The van der Waals surface area contributed by atoms with E-state index in [1.165, 1.54) is 45.3 Å². The van der Waals surface area contributed by atoms with Gasteiger partial charge in [-0.05, 0) is 57.2 Å². The molecule has 0 saturated carbocycles. The van der Waals surface area contributed by atoms with Crippen molar-refractivity contribution in [2.45, 2.75) is 25.7 Å². The quantitative estimate of drug-likeness (QED) is 0.668. The van der Waals surface area contributed by atoms with E-state index in [2.05, 4.69) is 4.90 Å². The summed E-state index contributed by atoms with van der Waals surface area (Å²) in [5, 5.41) is 0. The second-order valence-corrected chi connectivity index (χ2v) is 4.33. The maximum atomic E-state index is 5.62. The predicted octanol–water partition coefficient (Wildman–Crippen LogP) is 1.07. The Morgan fingerprint density at radius 1 is 1.25 bits per heavy atom. The highest BCUT2D eigenvalue weighted by atomic mass is 15.1. The lowest BCUT2D eigenvalue weighted by atomic mass is 9.78. The van der Waals surface area contributed by atoms with Gasteiger partial charge in [0.15, 0.2) is 0 Å². The van der Waals surface area contributed by atoms with E-state index in [4.69, 9.17) is 5.73 Å². The minimum Gasteiger partial charge on any atom is -0.330 e. The zero-order valence-electron chi connectivity index (χ0n) is 7.84. The molecule has 2 nitrogen and oxygen atoms in total. The van der Waals surface area contributed by atoms with Gasteiger partial charge in [0.05, 0.1) is 0 Å². The van der Waals surface area contributed by atoms with E-state index in [0.29, 0.717) is 0 Å². The third-order valence-corrected chi connectivity index (χ3v) is 3.56. The molecule has 2 heterocycles. The molecule has 12 heavy (non-hydrogen) atoms. The van der Waals surface area contributed by atoms with Crippen LogP contribution in [0, 0.1) is 11.8 Å². The van der Waals surface area contributed by atoms with Crippen molar-refractivity contribution < 1.29 is 0 Å². The van der Waals surface area contributed by atoms with Crippen molar-refractivity contribution in [3.05, 3.63) is 0 Å². The molecular weight excluding hydrogens is 148 g/mol. The number of nitrogens with zero attached hydrogens (tertiary/aromatic N) is 1. The highest BCUT2D eigenvalue weighted by Gasteiger charge is 2.30. The van der Waals surface area contributed by atoms with Crippen LogP contribution in [0.3, 0.4) is 0 Å². The van der Waals surface area contributed by atoms with Crippen LogP contribution in [0.15, 0.2) is 0 Å². The van der Waals surface area contributed by atoms with Gasteiger partial charge >= 0.3 is 0 Å². The minimum atomic E-state index is 0.890. The van der Waals surface area contributed by atoms with E-state index in [1.54, 1.807) is 0 Å². The molecular formula is C10H20N2. The first-order valence-electron chi connectivity index (χ1n) is 5.32. The molecule has 3 atom stereocenters. The van der Waals surface area contributed by atoms with Gasteiger partial charge < -0.3 is 10.6 Å². The molecule has 0 aromatic carbocycles. The number of hydrogen-bond donors (Lipinski definition) is 1. The monoisotopic (exact) mass is 168 g/mol. The molecule has 2 bridgehead atoms. The number of piperidine rings is 2. The summed E-state index contributed by atoms with van der Waals surface area (Å²) in [6.07, 6.45) is 5.55. The van der Waals surface area contributed by atoms with Gasteiger partial charge in [0.2, 0.25) is 0 Å². The van der Waals surface area contributed by atoms with Crippen LogP contribution in [-0.4, -0.2) is 31.1 Å². The van der Waals surface area contributed by atoms with Gasteiger partial charge in [-0.15, -0.1) is 0 Å². The van der Waals surface area contributed by atoms with Gasteiger partial charge in [0.25, 0.3) is 0 Å². The van der Waals surface area contributed by atoms with Crippen LogP contribution >= 0.6 is 0 Å². The minimum absolute atomic E-state index is 0.890. The topological polar surface area (TPSA) is 29.3 Å². The summed E-state index contributed by atoms with van der Waals surface area (Å²) in [5.74, 6) is 1.93.